The average molecular weight is 397 g/mol. The molecule has 0 atom stereocenters. The molecule has 0 radical (unpaired) electrons. The third-order valence-electron chi connectivity index (χ3n) is 5.63. The van der Waals surface area contributed by atoms with Crippen LogP contribution in [0.5, 0.6) is 5.75 Å². The number of ether oxygens (including phenoxy) is 1. The first kappa shape index (κ1) is 17.2. The highest BCUT2D eigenvalue weighted by molar-refractivity contribution is 7.17. The van der Waals surface area contributed by atoms with E-state index in [1.54, 1.807) is 6.07 Å². The van der Waals surface area contributed by atoms with E-state index in [1.807, 2.05) is 24.3 Å². The lowest BCUT2D eigenvalue weighted by atomic mass is 9.82. The molecule has 2 fully saturated rings. The number of hydrogen-bond acceptors (Lipinski definition) is 5. The summed E-state index contributed by atoms with van der Waals surface area (Å²) in [6, 6.07) is 8.89. The number of imide groups is 1. The standard InChI is InChI=1S/C20H19N3O4S/c24-17(22-23-18(25)20(21-19(23)26)8-4-1-5-9-20)15-10-12-11-27-14-7-3-2-6-13(14)16(12)28-15/h2-3,6-7,10H,1,4-5,8-9,11H2,(H,21,26)(H,22,24). The van der Waals surface area contributed by atoms with Crippen LogP contribution in [0.2, 0.25) is 0 Å². The molecule has 2 aliphatic heterocycles. The SMILES string of the molecule is O=C(NN1C(=O)NC2(CCCCC2)C1=O)c1cc2c(s1)-c1ccccc1OC2. The number of amides is 4. The predicted octanol–water partition coefficient (Wildman–Crippen LogP) is 3.21. The van der Waals surface area contributed by atoms with Crippen molar-refractivity contribution in [2.75, 3.05) is 0 Å². The molecule has 7 nitrogen and oxygen atoms in total. The van der Waals surface area contributed by atoms with Crippen LogP contribution in [0.4, 0.5) is 4.79 Å². The van der Waals surface area contributed by atoms with Crippen LogP contribution in [0.1, 0.15) is 47.3 Å². The molecule has 1 spiro atoms. The number of urea groups is 1. The fourth-order valence-corrected chi connectivity index (χ4v) is 5.27. The second-order valence-electron chi connectivity index (χ2n) is 7.40. The monoisotopic (exact) mass is 397 g/mol. The first-order valence-corrected chi connectivity index (χ1v) is 10.2. The van der Waals surface area contributed by atoms with Gasteiger partial charge in [0, 0.05) is 16.0 Å². The van der Waals surface area contributed by atoms with Gasteiger partial charge in [-0.25, -0.2) is 4.79 Å². The van der Waals surface area contributed by atoms with Crippen molar-refractivity contribution < 1.29 is 19.1 Å². The molecule has 3 aliphatic rings. The maximum absolute atomic E-state index is 12.8. The first-order chi connectivity index (χ1) is 13.6. The van der Waals surface area contributed by atoms with Gasteiger partial charge in [0.15, 0.2) is 0 Å². The number of hydrogen-bond donors (Lipinski definition) is 2. The third-order valence-corrected chi connectivity index (χ3v) is 6.84. The molecule has 5 rings (SSSR count). The van der Waals surface area contributed by atoms with E-state index in [1.165, 1.54) is 11.3 Å². The predicted molar refractivity (Wildman–Crippen MR) is 103 cm³/mol. The second-order valence-corrected chi connectivity index (χ2v) is 8.46. The zero-order valence-electron chi connectivity index (χ0n) is 15.1. The molecule has 0 bridgehead atoms. The summed E-state index contributed by atoms with van der Waals surface area (Å²) in [6.07, 6.45) is 4.08. The highest BCUT2D eigenvalue weighted by Crippen LogP contribution is 2.42. The number of hydrazine groups is 1. The summed E-state index contributed by atoms with van der Waals surface area (Å²) in [6.45, 7) is 0.391. The van der Waals surface area contributed by atoms with Crippen LogP contribution in [-0.2, 0) is 11.4 Å². The van der Waals surface area contributed by atoms with Crippen molar-refractivity contribution >= 4 is 29.2 Å². The number of nitrogens with zero attached hydrogens (tertiary/aromatic N) is 1. The van der Waals surface area contributed by atoms with E-state index in [-0.39, 0.29) is 5.91 Å². The Labute approximate surface area is 165 Å². The minimum atomic E-state index is -0.857. The van der Waals surface area contributed by atoms with Crippen LogP contribution in [0.25, 0.3) is 10.4 Å². The fourth-order valence-electron chi connectivity index (χ4n) is 4.18. The topological polar surface area (TPSA) is 87.7 Å². The molecule has 2 N–H and O–H groups in total. The van der Waals surface area contributed by atoms with E-state index in [0.717, 1.165) is 46.0 Å². The van der Waals surface area contributed by atoms with Crippen molar-refractivity contribution in [1.29, 1.82) is 0 Å². The number of para-hydroxylation sites is 1. The number of fused-ring (bicyclic) bond motifs is 3. The smallest absolute Gasteiger partial charge is 0.344 e. The van der Waals surface area contributed by atoms with E-state index >= 15 is 0 Å². The molecule has 4 amide bonds. The van der Waals surface area contributed by atoms with Gasteiger partial charge in [0.2, 0.25) is 0 Å². The van der Waals surface area contributed by atoms with Crippen LogP contribution in [0, 0.1) is 0 Å². The summed E-state index contributed by atoms with van der Waals surface area (Å²) in [7, 11) is 0. The largest absolute Gasteiger partial charge is 0.488 e. The van der Waals surface area contributed by atoms with Gasteiger partial charge in [0.05, 0.1) is 4.88 Å². The molecule has 1 saturated carbocycles. The molecule has 144 valence electrons. The van der Waals surface area contributed by atoms with Crippen LogP contribution in [0.3, 0.4) is 0 Å². The Bertz CT molecular complexity index is 993. The molecular weight excluding hydrogens is 378 g/mol. The van der Waals surface area contributed by atoms with E-state index in [2.05, 4.69) is 10.7 Å². The molecule has 3 heterocycles. The Kier molecular flexibility index (Phi) is 3.90. The summed E-state index contributed by atoms with van der Waals surface area (Å²) < 4.78 is 5.73. The van der Waals surface area contributed by atoms with Crippen molar-refractivity contribution in [1.82, 2.24) is 15.8 Å². The Hall–Kier alpha value is -2.87. The lowest BCUT2D eigenvalue weighted by molar-refractivity contribution is -0.134. The van der Waals surface area contributed by atoms with E-state index < -0.39 is 17.5 Å². The molecule has 0 unspecified atom stereocenters. The van der Waals surface area contributed by atoms with Gasteiger partial charge in [-0.2, -0.15) is 5.01 Å². The molecule has 1 aromatic heterocycles. The highest BCUT2D eigenvalue weighted by Gasteiger charge is 2.52. The zero-order chi connectivity index (χ0) is 19.3. The second kappa shape index (κ2) is 6.34. The van der Waals surface area contributed by atoms with Gasteiger partial charge in [-0.15, -0.1) is 11.3 Å². The minimum absolute atomic E-state index is 0.361. The Morgan fingerprint density at radius 1 is 1.18 bits per heavy atom. The van der Waals surface area contributed by atoms with Crippen molar-refractivity contribution in [3.05, 3.63) is 40.8 Å². The molecule has 1 saturated heterocycles. The summed E-state index contributed by atoms with van der Waals surface area (Å²) in [4.78, 5) is 39.4. The lowest BCUT2D eigenvalue weighted by Gasteiger charge is -2.30. The quantitative estimate of drug-likeness (QED) is 0.762. The fraction of sp³-hybridized carbons (Fsp3) is 0.350. The summed E-state index contributed by atoms with van der Waals surface area (Å²) in [5.74, 6) is -0.0362. The van der Waals surface area contributed by atoms with Crippen LogP contribution < -0.4 is 15.5 Å². The number of benzene rings is 1. The van der Waals surface area contributed by atoms with Crippen molar-refractivity contribution in [2.45, 2.75) is 44.2 Å². The van der Waals surface area contributed by atoms with E-state index in [0.29, 0.717) is 24.3 Å². The Morgan fingerprint density at radius 3 is 2.79 bits per heavy atom. The highest BCUT2D eigenvalue weighted by atomic mass is 32.1. The van der Waals surface area contributed by atoms with Crippen molar-refractivity contribution in [2.24, 2.45) is 0 Å². The molecule has 8 heteroatoms. The number of carbonyl (C=O) groups is 3. The van der Waals surface area contributed by atoms with Gasteiger partial charge in [-0.3, -0.25) is 15.0 Å². The van der Waals surface area contributed by atoms with Crippen molar-refractivity contribution in [3.63, 3.8) is 0 Å². The van der Waals surface area contributed by atoms with Gasteiger partial charge in [-0.05, 0) is 31.0 Å². The van der Waals surface area contributed by atoms with Gasteiger partial charge in [0.1, 0.15) is 17.9 Å². The normalized spacial score (nSPS) is 19.6. The molecule has 1 aromatic carbocycles. The van der Waals surface area contributed by atoms with Crippen LogP contribution >= 0.6 is 11.3 Å². The maximum Gasteiger partial charge on any atom is 0.344 e. The van der Waals surface area contributed by atoms with Crippen molar-refractivity contribution in [3.8, 4) is 16.2 Å². The number of thiophene rings is 1. The van der Waals surface area contributed by atoms with Gasteiger partial charge >= 0.3 is 6.03 Å². The zero-order valence-corrected chi connectivity index (χ0v) is 15.9. The average Bonchev–Trinajstić information content (AvgIpc) is 3.24. The van der Waals surface area contributed by atoms with Crippen LogP contribution in [-0.4, -0.2) is 28.4 Å². The summed E-state index contributed by atoms with van der Waals surface area (Å²) >= 11 is 1.34. The third kappa shape index (κ3) is 2.59. The van der Waals surface area contributed by atoms with Gasteiger partial charge in [0.25, 0.3) is 11.8 Å². The summed E-state index contributed by atoms with van der Waals surface area (Å²) in [5.41, 5.74) is 3.52. The number of nitrogens with one attached hydrogen (secondary N) is 2. The van der Waals surface area contributed by atoms with E-state index in [4.69, 9.17) is 4.74 Å². The Morgan fingerprint density at radius 2 is 1.96 bits per heavy atom. The molecule has 1 aliphatic carbocycles. The van der Waals surface area contributed by atoms with Crippen LogP contribution in [0.15, 0.2) is 30.3 Å². The molecular formula is C20H19N3O4S. The molecule has 2 aromatic rings. The van der Waals surface area contributed by atoms with E-state index in [9.17, 15) is 14.4 Å². The minimum Gasteiger partial charge on any atom is -0.488 e. The maximum atomic E-state index is 12.8. The van der Waals surface area contributed by atoms with Gasteiger partial charge < -0.3 is 10.1 Å². The number of carbonyl (C=O) groups excluding carboxylic acids is 3. The molecule has 28 heavy (non-hydrogen) atoms. The first-order valence-electron chi connectivity index (χ1n) is 9.40. The number of rotatable bonds is 2. The van der Waals surface area contributed by atoms with Gasteiger partial charge in [-0.1, -0.05) is 31.4 Å². The Balaban J connectivity index is 1.38. The summed E-state index contributed by atoms with van der Waals surface area (Å²) in [5, 5.41) is 3.64. The lowest BCUT2D eigenvalue weighted by Crippen LogP contribution is -2.50.